The molecule has 2 aromatic rings. The number of hydrogen-bond acceptors (Lipinski definition) is 4. The van der Waals surface area contributed by atoms with Crippen LogP contribution in [0.5, 0.6) is 0 Å². The summed E-state index contributed by atoms with van der Waals surface area (Å²) in [5.41, 5.74) is 9.96. The lowest BCUT2D eigenvalue weighted by molar-refractivity contribution is -0.122. The first-order valence-corrected chi connectivity index (χ1v) is 17.8. The van der Waals surface area contributed by atoms with Crippen LogP contribution in [0.25, 0.3) is 12.2 Å². The van der Waals surface area contributed by atoms with Gasteiger partial charge in [0.2, 0.25) is 11.8 Å². The van der Waals surface area contributed by atoms with Crippen LogP contribution in [0, 0.1) is 0 Å². The third-order valence-corrected chi connectivity index (χ3v) is 7.84. The highest BCUT2D eigenvalue weighted by Crippen LogP contribution is 2.15. The highest BCUT2D eigenvalue weighted by atomic mass is 16.2. The van der Waals surface area contributed by atoms with Crippen molar-refractivity contribution in [2.24, 2.45) is 10.2 Å². The molecule has 0 saturated heterocycles. The first kappa shape index (κ1) is 38.4. The smallest absolute Gasteiger partial charge is 0.240 e. The Labute approximate surface area is 278 Å². The summed E-state index contributed by atoms with van der Waals surface area (Å²) >= 11 is 0. The molecule has 2 N–H and O–H groups in total. The molecule has 6 heteroatoms. The van der Waals surface area contributed by atoms with Crippen molar-refractivity contribution in [3.8, 4) is 0 Å². The van der Waals surface area contributed by atoms with Gasteiger partial charge in [0.1, 0.15) is 0 Å². The molecule has 0 spiro atoms. The van der Waals surface area contributed by atoms with Crippen molar-refractivity contribution in [1.82, 2.24) is 10.9 Å². The van der Waals surface area contributed by atoms with Crippen LogP contribution in [0.4, 0.5) is 0 Å². The maximum atomic E-state index is 12.3. The zero-order valence-corrected chi connectivity index (χ0v) is 28.5. The maximum absolute atomic E-state index is 12.3. The van der Waals surface area contributed by atoms with Gasteiger partial charge >= 0.3 is 0 Å². The Morgan fingerprint density at radius 1 is 0.500 bits per heavy atom. The molecule has 0 aliphatic carbocycles. The van der Waals surface area contributed by atoms with Gasteiger partial charge in [0.15, 0.2) is 0 Å². The average Bonchev–Trinajstić information content (AvgIpc) is 3.07. The molecule has 0 aliphatic rings. The molecule has 0 aliphatic heterocycles. The number of nitrogens with zero attached hydrogens (tertiary/aromatic N) is 2. The normalized spacial score (nSPS) is 12.2. The fourth-order valence-corrected chi connectivity index (χ4v) is 5.15. The van der Waals surface area contributed by atoms with E-state index in [1.165, 1.54) is 38.5 Å². The minimum atomic E-state index is -0.0405. The molecule has 0 radical (unpaired) electrons. The molecule has 250 valence electrons. The highest BCUT2D eigenvalue weighted by molar-refractivity contribution is 5.87. The largest absolute Gasteiger partial charge is 0.273 e. The van der Waals surface area contributed by atoms with Gasteiger partial charge in [-0.15, -0.1) is 0 Å². The van der Waals surface area contributed by atoms with Gasteiger partial charge in [0.25, 0.3) is 0 Å². The standard InChI is InChI=1S/C40H58N4O2/c1-3-5-7-15-27-37(31-35-23-17-13-18-24-35)33-41-43-39(45)29-21-11-9-10-12-22-30-40(46)44-42-34-38(28-16-8-6-4-2)32-36-25-19-14-20-26-36/h13-14,17-20,23-26,31-34H,3-12,15-16,21-22,27-30H2,1-2H3,(H,43,45)(H,44,46)/b37-31-,38-32+,41-33+,42-34+. The van der Waals surface area contributed by atoms with Crippen molar-refractivity contribution in [3.63, 3.8) is 0 Å². The first-order valence-electron chi connectivity index (χ1n) is 17.8. The number of amides is 2. The molecule has 2 amide bonds. The lowest BCUT2D eigenvalue weighted by atomic mass is 10.0. The Morgan fingerprint density at radius 3 is 1.24 bits per heavy atom. The van der Waals surface area contributed by atoms with Gasteiger partial charge < -0.3 is 0 Å². The predicted molar refractivity (Wildman–Crippen MR) is 197 cm³/mol. The molecule has 2 aromatic carbocycles. The van der Waals surface area contributed by atoms with Gasteiger partial charge in [0, 0.05) is 12.8 Å². The molecule has 0 fully saturated rings. The number of unbranched alkanes of at least 4 members (excludes halogenated alkanes) is 11. The Balaban J connectivity index is 1.59. The van der Waals surface area contributed by atoms with Gasteiger partial charge in [-0.3, -0.25) is 9.59 Å². The van der Waals surface area contributed by atoms with E-state index in [2.05, 4.69) is 71.3 Å². The zero-order valence-electron chi connectivity index (χ0n) is 28.5. The number of carbonyl (C=O) groups excluding carboxylic acids is 2. The Bertz CT molecular complexity index is 1110. The molecule has 0 aromatic heterocycles. The minimum Gasteiger partial charge on any atom is -0.273 e. The van der Waals surface area contributed by atoms with Crippen molar-refractivity contribution >= 4 is 36.4 Å². The van der Waals surface area contributed by atoms with Crippen LogP contribution in [0.3, 0.4) is 0 Å². The summed E-state index contributed by atoms with van der Waals surface area (Å²) in [7, 11) is 0. The molecule has 0 atom stereocenters. The number of hydrogen-bond donors (Lipinski definition) is 2. The molecule has 2 rings (SSSR count). The van der Waals surface area contributed by atoms with Crippen molar-refractivity contribution in [3.05, 3.63) is 82.9 Å². The van der Waals surface area contributed by atoms with Crippen LogP contribution in [-0.4, -0.2) is 24.2 Å². The Morgan fingerprint density at radius 2 is 0.848 bits per heavy atom. The lowest BCUT2D eigenvalue weighted by Crippen LogP contribution is -2.17. The van der Waals surface area contributed by atoms with E-state index >= 15 is 0 Å². The summed E-state index contributed by atoms with van der Waals surface area (Å²) in [6.45, 7) is 4.43. The number of carbonyl (C=O) groups is 2. The topological polar surface area (TPSA) is 82.9 Å². The van der Waals surface area contributed by atoms with Gasteiger partial charge in [-0.1, -0.05) is 151 Å². The van der Waals surface area contributed by atoms with E-state index in [4.69, 9.17) is 0 Å². The Kier molecular flexibility index (Phi) is 22.0. The van der Waals surface area contributed by atoms with Crippen LogP contribution >= 0.6 is 0 Å². The zero-order chi connectivity index (χ0) is 32.9. The van der Waals surface area contributed by atoms with E-state index in [1.807, 2.05) is 36.4 Å². The second kappa shape index (κ2) is 26.4. The predicted octanol–water partition coefficient (Wildman–Crippen LogP) is 10.4. The van der Waals surface area contributed by atoms with E-state index in [1.54, 1.807) is 12.4 Å². The molecule has 0 heterocycles. The number of nitrogens with one attached hydrogen (secondary N) is 2. The third-order valence-electron chi connectivity index (χ3n) is 7.84. The van der Waals surface area contributed by atoms with Gasteiger partial charge in [0.05, 0.1) is 12.4 Å². The van der Waals surface area contributed by atoms with Crippen LogP contribution in [0.15, 0.2) is 82.0 Å². The Hall–Kier alpha value is -3.80. The van der Waals surface area contributed by atoms with Crippen molar-refractivity contribution < 1.29 is 9.59 Å². The van der Waals surface area contributed by atoms with E-state index in [9.17, 15) is 9.59 Å². The van der Waals surface area contributed by atoms with Crippen molar-refractivity contribution in [1.29, 1.82) is 0 Å². The van der Waals surface area contributed by atoms with Gasteiger partial charge in [-0.25, -0.2) is 10.9 Å². The van der Waals surface area contributed by atoms with Crippen LogP contribution in [0.2, 0.25) is 0 Å². The van der Waals surface area contributed by atoms with E-state index in [0.29, 0.717) is 12.8 Å². The maximum Gasteiger partial charge on any atom is 0.240 e. The second-order valence-electron chi connectivity index (χ2n) is 12.1. The van der Waals surface area contributed by atoms with Crippen molar-refractivity contribution in [2.45, 2.75) is 129 Å². The number of rotatable bonds is 25. The third kappa shape index (κ3) is 20.3. The van der Waals surface area contributed by atoms with Gasteiger partial charge in [-0.05, 0) is 60.8 Å². The van der Waals surface area contributed by atoms with Crippen molar-refractivity contribution in [2.75, 3.05) is 0 Å². The fraction of sp³-hybridized carbons (Fsp3) is 0.500. The van der Waals surface area contributed by atoms with Gasteiger partial charge in [-0.2, -0.15) is 10.2 Å². The minimum absolute atomic E-state index is 0.0405. The molecule has 0 unspecified atom stereocenters. The summed E-state index contributed by atoms with van der Waals surface area (Å²) < 4.78 is 0. The van der Waals surface area contributed by atoms with Crippen LogP contribution in [0.1, 0.15) is 141 Å². The fourth-order valence-electron chi connectivity index (χ4n) is 5.15. The monoisotopic (exact) mass is 626 g/mol. The second-order valence-corrected chi connectivity index (χ2v) is 12.1. The highest BCUT2D eigenvalue weighted by Gasteiger charge is 2.03. The number of hydrazone groups is 2. The summed E-state index contributed by atoms with van der Waals surface area (Å²) in [5, 5.41) is 8.50. The van der Waals surface area contributed by atoms with E-state index < -0.39 is 0 Å². The molecule has 0 saturated carbocycles. The molecule has 0 bridgehead atoms. The summed E-state index contributed by atoms with van der Waals surface area (Å²) in [6, 6.07) is 20.5. The molecular formula is C40H58N4O2. The van der Waals surface area contributed by atoms with E-state index in [0.717, 1.165) is 86.5 Å². The summed E-state index contributed by atoms with van der Waals surface area (Å²) in [4.78, 5) is 24.6. The lowest BCUT2D eigenvalue weighted by Gasteiger charge is -2.05. The first-order chi connectivity index (χ1) is 22.6. The number of benzene rings is 2. The average molecular weight is 627 g/mol. The summed E-state index contributed by atoms with van der Waals surface area (Å²) in [6.07, 6.45) is 26.1. The number of allylic oxidation sites excluding steroid dienone is 2. The summed E-state index contributed by atoms with van der Waals surface area (Å²) in [5.74, 6) is -0.0810. The SMILES string of the molecule is CCCCCCC(=C/c1ccccc1)/C=N/NC(=O)CCCCCCCCC(=O)N/N=C/C(=C/c1ccccc1)CCCCCC. The molecule has 46 heavy (non-hydrogen) atoms. The quantitative estimate of drug-likeness (QED) is 0.0653. The van der Waals surface area contributed by atoms with Crippen LogP contribution in [-0.2, 0) is 9.59 Å². The van der Waals surface area contributed by atoms with E-state index in [-0.39, 0.29) is 11.8 Å². The molecular weight excluding hydrogens is 568 g/mol. The van der Waals surface area contributed by atoms with Crippen LogP contribution < -0.4 is 10.9 Å². The molecule has 6 nitrogen and oxygen atoms in total.